The first-order valence-electron chi connectivity index (χ1n) is 5.61. The van der Waals surface area contributed by atoms with Crippen LogP contribution in [0.15, 0.2) is 12.3 Å². The van der Waals surface area contributed by atoms with Crippen molar-refractivity contribution in [3.63, 3.8) is 0 Å². The molecular weight excluding hydrogens is 239 g/mol. The molecule has 1 heterocycles. The van der Waals surface area contributed by atoms with E-state index in [0.717, 1.165) is 0 Å². The number of rotatable bonds is 3. The summed E-state index contributed by atoms with van der Waals surface area (Å²) >= 11 is 0. The Kier molecular flexibility index (Phi) is 4.47. The molecule has 0 aromatic carbocycles. The predicted octanol–water partition coefficient (Wildman–Crippen LogP) is 2.97. The lowest BCUT2D eigenvalue weighted by Gasteiger charge is -2.20. The first kappa shape index (κ1) is 14.2. The van der Waals surface area contributed by atoms with Crippen LogP contribution in [0, 0.1) is 5.95 Å². The summed E-state index contributed by atoms with van der Waals surface area (Å²) in [5.74, 6) is -0.595. The molecule has 1 aromatic rings. The maximum atomic E-state index is 13.5. The summed E-state index contributed by atoms with van der Waals surface area (Å²) in [5.41, 5.74) is -0.775. The van der Waals surface area contributed by atoms with E-state index in [1.54, 1.807) is 27.7 Å². The van der Waals surface area contributed by atoms with Crippen LogP contribution in [-0.2, 0) is 4.74 Å². The van der Waals surface area contributed by atoms with Gasteiger partial charge in [-0.1, -0.05) is 0 Å². The fraction of sp³-hybridized carbons (Fsp3) is 0.500. The number of pyridine rings is 1. The van der Waals surface area contributed by atoms with Crippen molar-refractivity contribution in [3.05, 3.63) is 18.2 Å². The van der Waals surface area contributed by atoms with Gasteiger partial charge < -0.3 is 9.47 Å². The molecule has 18 heavy (non-hydrogen) atoms. The van der Waals surface area contributed by atoms with E-state index in [1.807, 2.05) is 0 Å². The highest BCUT2D eigenvalue weighted by Crippen LogP contribution is 2.26. The summed E-state index contributed by atoms with van der Waals surface area (Å²) in [5, 5.41) is 2.30. The van der Waals surface area contributed by atoms with Crippen molar-refractivity contribution >= 4 is 11.8 Å². The normalized spacial score (nSPS) is 10.9. The van der Waals surface area contributed by atoms with Gasteiger partial charge in [-0.05, 0) is 27.7 Å². The largest absolute Gasteiger partial charge is 0.491 e. The first-order chi connectivity index (χ1) is 8.33. The molecule has 1 amide bonds. The third-order valence-corrected chi connectivity index (χ3v) is 1.79. The minimum Gasteiger partial charge on any atom is -0.491 e. The van der Waals surface area contributed by atoms with Crippen LogP contribution in [0.2, 0.25) is 0 Å². The molecule has 0 spiro atoms. The average Bonchev–Trinajstić information content (AvgIpc) is 2.21. The molecule has 0 aliphatic rings. The summed E-state index contributed by atoms with van der Waals surface area (Å²) in [6, 6.07) is 1.47. The number of amides is 1. The zero-order chi connectivity index (χ0) is 13.8. The van der Waals surface area contributed by atoms with E-state index in [9.17, 15) is 9.18 Å². The van der Waals surface area contributed by atoms with Crippen molar-refractivity contribution < 1.29 is 18.7 Å². The number of hydrogen-bond donors (Lipinski definition) is 1. The Balaban J connectivity index is 2.86. The highest BCUT2D eigenvalue weighted by Gasteiger charge is 2.19. The second-order valence-electron chi connectivity index (χ2n) is 4.53. The Morgan fingerprint density at radius 3 is 2.72 bits per heavy atom. The molecule has 0 radical (unpaired) electrons. The van der Waals surface area contributed by atoms with E-state index >= 15 is 0 Å². The quantitative estimate of drug-likeness (QED) is 0.844. The molecule has 0 aliphatic carbocycles. The van der Waals surface area contributed by atoms with E-state index in [4.69, 9.17) is 9.47 Å². The number of anilines is 1. The maximum Gasteiger partial charge on any atom is 0.412 e. The Morgan fingerprint density at radius 2 is 2.17 bits per heavy atom. The number of halogens is 1. The minimum absolute atomic E-state index is 0.117. The van der Waals surface area contributed by atoms with E-state index < -0.39 is 17.6 Å². The summed E-state index contributed by atoms with van der Waals surface area (Å²) in [4.78, 5) is 15.0. The van der Waals surface area contributed by atoms with Crippen molar-refractivity contribution in [1.82, 2.24) is 4.98 Å². The molecule has 0 saturated heterocycles. The third-order valence-electron chi connectivity index (χ3n) is 1.79. The number of hydrogen-bond acceptors (Lipinski definition) is 4. The molecule has 0 atom stereocenters. The Labute approximate surface area is 105 Å². The van der Waals surface area contributed by atoms with Gasteiger partial charge in [0.25, 0.3) is 0 Å². The monoisotopic (exact) mass is 256 g/mol. The standard InChI is InChI=1S/C12H17FN2O3/c1-5-17-8-6-7-14-10(13)9(8)15-11(16)18-12(2,3)4/h6-7H,5H2,1-4H3,(H,15,16). The van der Waals surface area contributed by atoms with Crippen LogP contribution in [0.25, 0.3) is 0 Å². The van der Waals surface area contributed by atoms with Gasteiger partial charge in [0.15, 0.2) is 0 Å². The Bertz CT molecular complexity index is 430. The van der Waals surface area contributed by atoms with Crippen molar-refractivity contribution in [2.24, 2.45) is 0 Å². The number of aromatic nitrogens is 1. The molecule has 100 valence electrons. The zero-order valence-electron chi connectivity index (χ0n) is 10.9. The van der Waals surface area contributed by atoms with Gasteiger partial charge in [-0.15, -0.1) is 0 Å². The lowest BCUT2D eigenvalue weighted by atomic mass is 10.2. The van der Waals surface area contributed by atoms with Gasteiger partial charge >= 0.3 is 6.09 Å². The van der Waals surface area contributed by atoms with Crippen LogP contribution in [0.1, 0.15) is 27.7 Å². The van der Waals surface area contributed by atoms with Gasteiger partial charge in [0.2, 0.25) is 5.95 Å². The van der Waals surface area contributed by atoms with Gasteiger partial charge in [0, 0.05) is 12.3 Å². The van der Waals surface area contributed by atoms with Crippen molar-refractivity contribution in [1.29, 1.82) is 0 Å². The van der Waals surface area contributed by atoms with Crippen molar-refractivity contribution in [2.45, 2.75) is 33.3 Å². The highest BCUT2D eigenvalue weighted by molar-refractivity contribution is 5.86. The lowest BCUT2D eigenvalue weighted by molar-refractivity contribution is 0.0634. The minimum atomic E-state index is -0.813. The topological polar surface area (TPSA) is 60.5 Å². The number of carbonyl (C=O) groups is 1. The van der Waals surface area contributed by atoms with E-state index in [2.05, 4.69) is 10.3 Å². The van der Waals surface area contributed by atoms with Crippen LogP contribution in [-0.4, -0.2) is 23.3 Å². The second kappa shape index (κ2) is 5.66. The average molecular weight is 256 g/mol. The number of nitrogens with one attached hydrogen (secondary N) is 1. The molecule has 0 bridgehead atoms. The second-order valence-corrected chi connectivity index (χ2v) is 4.53. The molecule has 1 rings (SSSR count). The lowest BCUT2D eigenvalue weighted by Crippen LogP contribution is -2.27. The van der Waals surface area contributed by atoms with Crippen LogP contribution in [0.3, 0.4) is 0 Å². The summed E-state index contributed by atoms with van der Waals surface area (Å²) in [6.45, 7) is 7.27. The Morgan fingerprint density at radius 1 is 1.50 bits per heavy atom. The molecule has 5 nitrogen and oxygen atoms in total. The van der Waals surface area contributed by atoms with Crippen molar-refractivity contribution in [3.8, 4) is 5.75 Å². The number of nitrogens with zero attached hydrogens (tertiary/aromatic N) is 1. The summed E-state index contributed by atoms with van der Waals surface area (Å²) in [6.07, 6.45) is 0.510. The SMILES string of the molecule is CCOc1ccnc(F)c1NC(=O)OC(C)(C)C. The van der Waals surface area contributed by atoms with Crippen molar-refractivity contribution in [2.75, 3.05) is 11.9 Å². The van der Waals surface area contributed by atoms with E-state index in [-0.39, 0.29) is 11.4 Å². The molecule has 6 heteroatoms. The van der Waals surface area contributed by atoms with E-state index in [1.165, 1.54) is 12.3 Å². The van der Waals surface area contributed by atoms with Gasteiger partial charge in [-0.25, -0.2) is 9.78 Å². The maximum absolute atomic E-state index is 13.5. The van der Waals surface area contributed by atoms with Gasteiger partial charge in [0.1, 0.15) is 17.0 Å². The predicted molar refractivity (Wildman–Crippen MR) is 65.2 cm³/mol. The van der Waals surface area contributed by atoms with Gasteiger partial charge in [0.05, 0.1) is 6.61 Å². The highest BCUT2D eigenvalue weighted by atomic mass is 19.1. The Hall–Kier alpha value is -1.85. The fourth-order valence-corrected chi connectivity index (χ4v) is 1.21. The zero-order valence-corrected chi connectivity index (χ0v) is 10.9. The van der Waals surface area contributed by atoms with Gasteiger partial charge in [-0.2, -0.15) is 4.39 Å². The van der Waals surface area contributed by atoms with E-state index in [0.29, 0.717) is 6.61 Å². The number of carbonyl (C=O) groups excluding carboxylic acids is 1. The molecule has 0 fully saturated rings. The molecule has 0 aliphatic heterocycles. The number of ether oxygens (including phenoxy) is 2. The smallest absolute Gasteiger partial charge is 0.412 e. The van der Waals surface area contributed by atoms with Crippen LogP contribution >= 0.6 is 0 Å². The molecule has 1 aromatic heterocycles. The summed E-state index contributed by atoms with van der Waals surface area (Å²) in [7, 11) is 0. The third kappa shape index (κ3) is 4.20. The molecule has 1 N–H and O–H groups in total. The molecule has 0 saturated carbocycles. The van der Waals surface area contributed by atoms with Crippen LogP contribution in [0.4, 0.5) is 14.9 Å². The van der Waals surface area contributed by atoms with Crippen LogP contribution in [0.5, 0.6) is 5.75 Å². The van der Waals surface area contributed by atoms with Crippen LogP contribution < -0.4 is 10.1 Å². The molecular formula is C12H17FN2O3. The molecule has 0 unspecified atom stereocenters. The first-order valence-corrected chi connectivity index (χ1v) is 5.61. The fourth-order valence-electron chi connectivity index (χ4n) is 1.21. The summed E-state index contributed by atoms with van der Waals surface area (Å²) < 4.78 is 23.7. The van der Waals surface area contributed by atoms with Gasteiger partial charge in [-0.3, -0.25) is 5.32 Å².